The van der Waals surface area contributed by atoms with Gasteiger partial charge in [0.1, 0.15) is 16.5 Å². The zero-order chi connectivity index (χ0) is 23.8. The molecule has 0 aliphatic rings. The topological polar surface area (TPSA) is 54.5 Å². The van der Waals surface area contributed by atoms with Crippen molar-refractivity contribution in [3.05, 3.63) is 81.3 Å². The summed E-state index contributed by atoms with van der Waals surface area (Å²) in [7, 11) is 1.59. The van der Waals surface area contributed by atoms with Gasteiger partial charge in [-0.2, -0.15) is 13.2 Å². The number of ether oxygens (including phenoxy) is 1. The fraction of sp³-hybridized carbons (Fsp3) is 0.333. The Balaban J connectivity index is 1.79. The van der Waals surface area contributed by atoms with Gasteiger partial charge in [-0.15, -0.1) is 11.3 Å². The molecule has 1 amide bonds. The van der Waals surface area contributed by atoms with Crippen LogP contribution in [0.1, 0.15) is 45.5 Å². The first-order chi connectivity index (χ1) is 15.8. The van der Waals surface area contributed by atoms with E-state index in [1.807, 2.05) is 36.1 Å². The SMILES string of the molecule is CCCNC(=O)c1csc(CN(Cc2ccc(OC)cc2)Cc2cccc(C(F)(F)F)c2)n1. The molecule has 0 radical (unpaired) electrons. The number of nitrogens with zero attached hydrogens (tertiary/aromatic N) is 2. The van der Waals surface area contributed by atoms with Crippen LogP contribution in [0.2, 0.25) is 0 Å². The van der Waals surface area contributed by atoms with Crippen LogP contribution in [-0.2, 0) is 25.8 Å². The maximum absolute atomic E-state index is 13.2. The monoisotopic (exact) mass is 477 g/mol. The molecule has 0 unspecified atom stereocenters. The van der Waals surface area contributed by atoms with Crippen molar-refractivity contribution < 1.29 is 22.7 Å². The average Bonchev–Trinajstić information content (AvgIpc) is 3.26. The number of nitrogens with one attached hydrogen (secondary N) is 1. The van der Waals surface area contributed by atoms with Crippen molar-refractivity contribution >= 4 is 17.2 Å². The highest BCUT2D eigenvalue weighted by molar-refractivity contribution is 7.09. The molecule has 0 fully saturated rings. The Hall–Kier alpha value is -2.91. The Morgan fingerprint density at radius 1 is 1.09 bits per heavy atom. The van der Waals surface area contributed by atoms with Gasteiger partial charge in [-0.1, -0.05) is 37.3 Å². The lowest BCUT2D eigenvalue weighted by atomic mass is 10.1. The molecular weight excluding hydrogens is 451 g/mol. The lowest BCUT2D eigenvalue weighted by Gasteiger charge is -2.22. The molecule has 33 heavy (non-hydrogen) atoms. The fourth-order valence-electron chi connectivity index (χ4n) is 3.27. The van der Waals surface area contributed by atoms with E-state index >= 15 is 0 Å². The van der Waals surface area contributed by atoms with Gasteiger partial charge >= 0.3 is 6.18 Å². The van der Waals surface area contributed by atoms with E-state index in [1.54, 1.807) is 18.6 Å². The van der Waals surface area contributed by atoms with E-state index in [0.717, 1.165) is 28.8 Å². The smallest absolute Gasteiger partial charge is 0.416 e. The van der Waals surface area contributed by atoms with Crippen LogP contribution in [0, 0.1) is 0 Å². The normalized spacial score (nSPS) is 11.6. The number of carbonyl (C=O) groups excluding carboxylic acids is 1. The van der Waals surface area contributed by atoms with Gasteiger partial charge in [0.25, 0.3) is 5.91 Å². The lowest BCUT2D eigenvalue weighted by Crippen LogP contribution is -2.25. The van der Waals surface area contributed by atoms with Crippen molar-refractivity contribution in [3.8, 4) is 5.75 Å². The third-order valence-electron chi connectivity index (χ3n) is 4.90. The number of thiazole rings is 1. The first kappa shape index (κ1) is 24.7. The van der Waals surface area contributed by atoms with Crippen LogP contribution in [-0.4, -0.2) is 29.4 Å². The number of hydrogen-bond donors (Lipinski definition) is 1. The highest BCUT2D eigenvalue weighted by atomic mass is 32.1. The number of halogens is 3. The summed E-state index contributed by atoms with van der Waals surface area (Å²) in [6, 6.07) is 12.9. The molecular formula is C24H26F3N3O2S. The van der Waals surface area contributed by atoms with E-state index in [0.29, 0.717) is 37.4 Å². The summed E-state index contributed by atoms with van der Waals surface area (Å²) in [6.07, 6.45) is -3.57. The summed E-state index contributed by atoms with van der Waals surface area (Å²) in [5.41, 5.74) is 1.22. The number of carbonyl (C=O) groups is 1. The minimum Gasteiger partial charge on any atom is -0.497 e. The quantitative estimate of drug-likeness (QED) is 0.418. The Kier molecular flexibility index (Phi) is 8.46. The molecule has 176 valence electrons. The van der Waals surface area contributed by atoms with Crippen molar-refractivity contribution in [3.63, 3.8) is 0 Å². The van der Waals surface area contributed by atoms with Crippen molar-refractivity contribution in [2.45, 2.75) is 39.2 Å². The summed E-state index contributed by atoms with van der Waals surface area (Å²) >= 11 is 1.36. The zero-order valence-corrected chi connectivity index (χ0v) is 19.3. The van der Waals surface area contributed by atoms with Crippen LogP contribution in [0.3, 0.4) is 0 Å². The Morgan fingerprint density at radius 3 is 2.48 bits per heavy atom. The fourth-order valence-corrected chi connectivity index (χ4v) is 4.08. The zero-order valence-electron chi connectivity index (χ0n) is 18.5. The second-order valence-corrected chi connectivity index (χ2v) is 8.52. The van der Waals surface area contributed by atoms with Crippen LogP contribution in [0.5, 0.6) is 5.75 Å². The molecule has 0 spiro atoms. The second-order valence-electron chi connectivity index (χ2n) is 7.57. The number of amides is 1. The minimum atomic E-state index is -4.40. The van der Waals surface area contributed by atoms with Gasteiger partial charge in [0.15, 0.2) is 0 Å². The summed E-state index contributed by atoms with van der Waals surface area (Å²) in [5, 5.41) is 5.22. The number of methoxy groups -OCH3 is 1. The van der Waals surface area contributed by atoms with Gasteiger partial charge in [0, 0.05) is 25.0 Å². The Morgan fingerprint density at radius 2 is 1.82 bits per heavy atom. The molecule has 9 heteroatoms. The van der Waals surface area contributed by atoms with Gasteiger partial charge < -0.3 is 10.1 Å². The first-order valence-corrected chi connectivity index (χ1v) is 11.4. The van der Waals surface area contributed by atoms with Crippen molar-refractivity contribution in [2.75, 3.05) is 13.7 Å². The molecule has 1 aromatic heterocycles. The lowest BCUT2D eigenvalue weighted by molar-refractivity contribution is -0.137. The molecule has 2 aromatic carbocycles. The molecule has 0 bridgehead atoms. The largest absolute Gasteiger partial charge is 0.497 e. The molecule has 5 nitrogen and oxygen atoms in total. The van der Waals surface area contributed by atoms with Gasteiger partial charge in [0.2, 0.25) is 0 Å². The van der Waals surface area contributed by atoms with Gasteiger partial charge in [0.05, 0.1) is 19.2 Å². The molecule has 1 heterocycles. The standard InChI is InChI=1S/C24H26F3N3O2S/c1-3-11-28-23(31)21-16-33-22(29-21)15-30(13-17-7-9-20(32-2)10-8-17)14-18-5-4-6-19(12-18)24(25,26)27/h4-10,12,16H,3,11,13-15H2,1-2H3,(H,28,31). The third kappa shape index (κ3) is 7.30. The van der Waals surface area contributed by atoms with Crippen LogP contribution in [0.4, 0.5) is 13.2 Å². The van der Waals surface area contributed by atoms with Crippen molar-refractivity contribution in [2.24, 2.45) is 0 Å². The van der Waals surface area contributed by atoms with E-state index in [9.17, 15) is 18.0 Å². The molecule has 0 aliphatic carbocycles. The maximum atomic E-state index is 13.2. The van der Waals surface area contributed by atoms with Crippen LogP contribution in [0.25, 0.3) is 0 Å². The summed E-state index contributed by atoms with van der Waals surface area (Å²) < 4.78 is 44.7. The molecule has 3 aromatic rings. The minimum absolute atomic E-state index is 0.223. The third-order valence-corrected chi connectivity index (χ3v) is 5.74. The molecule has 0 aliphatic heterocycles. The van der Waals surface area contributed by atoms with E-state index in [2.05, 4.69) is 10.3 Å². The van der Waals surface area contributed by atoms with Gasteiger partial charge in [-0.25, -0.2) is 4.98 Å². The number of rotatable bonds is 10. The molecule has 0 atom stereocenters. The molecule has 0 saturated heterocycles. The van der Waals surface area contributed by atoms with Crippen LogP contribution < -0.4 is 10.1 Å². The van der Waals surface area contributed by atoms with Gasteiger partial charge in [-0.3, -0.25) is 9.69 Å². The molecule has 3 rings (SSSR count). The first-order valence-electron chi connectivity index (χ1n) is 10.5. The number of hydrogen-bond acceptors (Lipinski definition) is 5. The summed E-state index contributed by atoms with van der Waals surface area (Å²) in [4.78, 5) is 18.6. The summed E-state index contributed by atoms with van der Waals surface area (Å²) in [5.74, 6) is 0.504. The van der Waals surface area contributed by atoms with Gasteiger partial charge in [-0.05, 0) is 35.7 Å². The van der Waals surface area contributed by atoms with E-state index in [-0.39, 0.29) is 5.91 Å². The second kappa shape index (κ2) is 11.3. The van der Waals surface area contributed by atoms with Crippen LogP contribution in [0.15, 0.2) is 53.9 Å². The summed E-state index contributed by atoms with van der Waals surface area (Å²) in [6.45, 7) is 3.74. The number of aromatic nitrogens is 1. The van der Waals surface area contributed by atoms with Crippen molar-refractivity contribution in [1.29, 1.82) is 0 Å². The number of benzene rings is 2. The number of alkyl halides is 3. The van der Waals surface area contributed by atoms with E-state index < -0.39 is 11.7 Å². The molecule has 1 N–H and O–H groups in total. The predicted molar refractivity (Wildman–Crippen MR) is 122 cm³/mol. The van der Waals surface area contributed by atoms with Crippen LogP contribution >= 0.6 is 11.3 Å². The van der Waals surface area contributed by atoms with E-state index in [4.69, 9.17) is 4.74 Å². The molecule has 0 saturated carbocycles. The highest BCUT2D eigenvalue weighted by Crippen LogP contribution is 2.30. The average molecular weight is 478 g/mol. The maximum Gasteiger partial charge on any atom is 0.416 e. The predicted octanol–water partition coefficient (Wildman–Crippen LogP) is 5.51. The van der Waals surface area contributed by atoms with E-state index in [1.165, 1.54) is 23.5 Å². The Labute approximate surface area is 195 Å². The highest BCUT2D eigenvalue weighted by Gasteiger charge is 2.30. The Bertz CT molecular complexity index is 1050. The van der Waals surface area contributed by atoms with Crippen molar-refractivity contribution in [1.82, 2.24) is 15.2 Å².